The minimum absolute atomic E-state index is 0.0666. The molecular weight excluding hydrogens is 301 g/mol. The van der Waals surface area contributed by atoms with Crippen molar-refractivity contribution in [3.63, 3.8) is 0 Å². The number of thiophene rings is 1. The highest BCUT2D eigenvalue weighted by molar-refractivity contribution is 7.11. The Bertz CT molecular complexity index is 530. The normalized spacial score (nSPS) is 12.7. The molecule has 1 atom stereocenters. The van der Waals surface area contributed by atoms with Gasteiger partial charge in [-0.3, -0.25) is 0 Å². The molecule has 2 rings (SSSR count). The molecule has 0 aliphatic carbocycles. The molecule has 0 aliphatic heterocycles. The van der Waals surface area contributed by atoms with Gasteiger partial charge in [0.05, 0.1) is 10.4 Å². The summed E-state index contributed by atoms with van der Waals surface area (Å²) in [6.07, 6.45) is 0. The Balaban J connectivity index is 2.36. The van der Waals surface area contributed by atoms with Gasteiger partial charge in [0.15, 0.2) is 0 Å². The molecule has 0 fully saturated rings. The van der Waals surface area contributed by atoms with Gasteiger partial charge in [0.25, 0.3) is 0 Å². The first kappa shape index (κ1) is 13.6. The molecule has 1 aromatic heterocycles. The first-order valence-electron chi connectivity index (χ1n) is 5.00. The SMILES string of the molecule is FC(F)Oc1ccccc1C(Cl)c1sccc1Cl. The van der Waals surface area contributed by atoms with E-state index >= 15 is 0 Å². The van der Waals surface area contributed by atoms with Gasteiger partial charge in [-0.1, -0.05) is 29.8 Å². The number of rotatable bonds is 4. The average Bonchev–Trinajstić information content (AvgIpc) is 2.74. The van der Waals surface area contributed by atoms with E-state index in [1.54, 1.807) is 29.6 Å². The molecular formula is C12H8Cl2F2OS. The highest BCUT2D eigenvalue weighted by Gasteiger charge is 2.20. The predicted octanol–water partition coefficient (Wildman–Crippen LogP) is 5.33. The zero-order chi connectivity index (χ0) is 13.1. The summed E-state index contributed by atoms with van der Waals surface area (Å²) in [5.74, 6) is 0.0666. The maximum atomic E-state index is 12.3. The lowest BCUT2D eigenvalue weighted by Gasteiger charge is -2.14. The second-order valence-electron chi connectivity index (χ2n) is 3.41. The minimum atomic E-state index is -2.88. The Kier molecular flexibility index (Phi) is 4.43. The van der Waals surface area contributed by atoms with Crippen LogP contribution in [0.15, 0.2) is 35.7 Å². The molecule has 1 heterocycles. The number of halogens is 4. The summed E-state index contributed by atoms with van der Waals surface area (Å²) in [5, 5.41) is 1.71. The largest absolute Gasteiger partial charge is 0.434 e. The van der Waals surface area contributed by atoms with Crippen molar-refractivity contribution in [3.05, 3.63) is 51.2 Å². The summed E-state index contributed by atoms with van der Waals surface area (Å²) >= 11 is 13.6. The van der Waals surface area contributed by atoms with Crippen molar-refractivity contribution in [2.75, 3.05) is 0 Å². The second-order valence-corrected chi connectivity index (χ2v) is 5.20. The quantitative estimate of drug-likeness (QED) is 0.694. The van der Waals surface area contributed by atoms with Gasteiger partial charge in [-0.05, 0) is 17.5 Å². The summed E-state index contributed by atoms with van der Waals surface area (Å²) in [4.78, 5) is 0.712. The predicted molar refractivity (Wildman–Crippen MR) is 70.1 cm³/mol. The number of ether oxygens (including phenoxy) is 1. The molecule has 6 heteroatoms. The van der Waals surface area contributed by atoms with Crippen LogP contribution in [0.1, 0.15) is 15.8 Å². The number of hydrogen-bond donors (Lipinski definition) is 0. The smallest absolute Gasteiger partial charge is 0.387 e. The van der Waals surface area contributed by atoms with E-state index in [9.17, 15) is 8.78 Å². The van der Waals surface area contributed by atoms with E-state index in [-0.39, 0.29) is 5.75 Å². The Morgan fingerprint density at radius 3 is 2.50 bits per heavy atom. The number of alkyl halides is 3. The van der Waals surface area contributed by atoms with Crippen molar-refractivity contribution in [2.45, 2.75) is 12.0 Å². The summed E-state index contributed by atoms with van der Waals surface area (Å²) in [7, 11) is 0. The maximum absolute atomic E-state index is 12.3. The van der Waals surface area contributed by atoms with Crippen LogP contribution in [-0.4, -0.2) is 6.61 Å². The van der Waals surface area contributed by atoms with Gasteiger partial charge in [-0.25, -0.2) is 0 Å². The van der Waals surface area contributed by atoms with Crippen molar-refractivity contribution in [3.8, 4) is 5.75 Å². The lowest BCUT2D eigenvalue weighted by atomic mass is 10.1. The minimum Gasteiger partial charge on any atom is -0.434 e. The molecule has 0 saturated heterocycles. The Labute approximate surface area is 117 Å². The van der Waals surface area contributed by atoms with Crippen LogP contribution in [0.4, 0.5) is 8.78 Å². The first-order chi connectivity index (χ1) is 8.59. The van der Waals surface area contributed by atoms with Crippen LogP contribution in [-0.2, 0) is 0 Å². The number of hydrogen-bond acceptors (Lipinski definition) is 2. The lowest BCUT2D eigenvalue weighted by Crippen LogP contribution is -2.05. The van der Waals surface area contributed by atoms with E-state index in [2.05, 4.69) is 4.74 Å². The summed E-state index contributed by atoms with van der Waals surface area (Å²) in [6.45, 7) is -2.88. The number of para-hydroxylation sites is 1. The van der Waals surface area contributed by atoms with Crippen LogP contribution in [0.25, 0.3) is 0 Å². The van der Waals surface area contributed by atoms with Gasteiger partial charge in [0.1, 0.15) is 5.75 Å². The monoisotopic (exact) mass is 308 g/mol. The van der Waals surface area contributed by atoms with E-state index in [1.165, 1.54) is 17.4 Å². The van der Waals surface area contributed by atoms with E-state index in [0.717, 1.165) is 0 Å². The molecule has 0 N–H and O–H groups in total. The third-order valence-corrected chi connectivity index (χ3v) is 4.29. The zero-order valence-corrected chi connectivity index (χ0v) is 11.3. The molecule has 96 valence electrons. The van der Waals surface area contributed by atoms with Crippen molar-refractivity contribution in [2.24, 2.45) is 0 Å². The van der Waals surface area contributed by atoms with Crippen LogP contribution in [0.2, 0.25) is 5.02 Å². The zero-order valence-electron chi connectivity index (χ0n) is 8.95. The van der Waals surface area contributed by atoms with Crippen LogP contribution in [0, 0.1) is 0 Å². The Morgan fingerprint density at radius 1 is 1.17 bits per heavy atom. The van der Waals surface area contributed by atoms with E-state index in [4.69, 9.17) is 23.2 Å². The molecule has 18 heavy (non-hydrogen) atoms. The highest BCUT2D eigenvalue weighted by atomic mass is 35.5. The molecule has 1 nitrogen and oxygen atoms in total. The molecule has 0 amide bonds. The van der Waals surface area contributed by atoms with E-state index in [0.29, 0.717) is 15.5 Å². The van der Waals surface area contributed by atoms with Gasteiger partial charge in [-0.2, -0.15) is 8.78 Å². The van der Waals surface area contributed by atoms with Gasteiger partial charge >= 0.3 is 6.61 Å². The van der Waals surface area contributed by atoms with E-state index < -0.39 is 12.0 Å². The first-order valence-corrected chi connectivity index (χ1v) is 6.69. The molecule has 0 bridgehead atoms. The summed E-state index contributed by atoms with van der Waals surface area (Å²) in [6, 6.07) is 8.14. The molecule has 0 spiro atoms. The summed E-state index contributed by atoms with van der Waals surface area (Å²) < 4.78 is 29.0. The highest BCUT2D eigenvalue weighted by Crippen LogP contribution is 2.41. The van der Waals surface area contributed by atoms with Crippen LogP contribution >= 0.6 is 34.5 Å². The van der Waals surface area contributed by atoms with Crippen molar-refractivity contribution in [1.82, 2.24) is 0 Å². The van der Waals surface area contributed by atoms with Gasteiger partial charge < -0.3 is 4.74 Å². The molecule has 0 radical (unpaired) electrons. The number of benzene rings is 1. The standard InChI is InChI=1S/C12H8Cl2F2OS/c13-8-5-6-18-11(8)10(14)7-3-1-2-4-9(7)17-12(15)16/h1-6,10,12H. The summed E-state index contributed by atoms with van der Waals surface area (Å²) in [5.41, 5.74) is 0.476. The van der Waals surface area contributed by atoms with Crippen LogP contribution in [0.3, 0.4) is 0 Å². The topological polar surface area (TPSA) is 9.23 Å². The molecule has 0 aliphatic rings. The fourth-order valence-corrected chi connectivity index (χ4v) is 3.19. The van der Waals surface area contributed by atoms with Crippen molar-refractivity contribution >= 4 is 34.5 Å². The van der Waals surface area contributed by atoms with Gasteiger partial charge in [0.2, 0.25) is 0 Å². The molecule has 2 aromatic rings. The third-order valence-electron chi connectivity index (χ3n) is 2.28. The lowest BCUT2D eigenvalue weighted by molar-refractivity contribution is -0.0504. The second kappa shape index (κ2) is 5.87. The van der Waals surface area contributed by atoms with Crippen LogP contribution in [0.5, 0.6) is 5.75 Å². The molecule has 1 unspecified atom stereocenters. The van der Waals surface area contributed by atoms with E-state index in [1.807, 2.05) is 0 Å². The van der Waals surface area contributed by atoms with Gasteiger partial charge in [0, 0.05) is 10.4 Å². The Hall–Kier alpha value is -0.840. The van der Waals surface area contributed by atoms with Gasteiger partial charge in [-0.15, -0.1) is 22.9 Å². The Morgan fingerprint density at radius 2 is 1.89 bits per heavy atom. The fraction of sp³-hybridized carbons (Fsp3) is 0.167. The maximum Gasteiger partial charge on any atom is 0.387 e. The molecule has 0 saturated carbocycles. The molecule has 1 aromatic carbocycles. The van der Waals surface area contributed by atoms with Crippen molar-refractivity contribution in [1.29, 1.82) is 0 Å². The van der Waals surface area contributed by atoms with Crippen molar-refractivity contribution < 1.29 is 13.5 Å². The fourth-order valence-electron chi connectivity index (χ4n) is 1.52. The average molecular weight is 309 g/mol. The van der Waals surface area contributed by atoms with Crippen LogP contribution < -0.4 is 4.74 Å². The third kappa shape index (κ3) is 2.94.